The Kier molecular flexibility index (Phi) is 5.43. The van der Waals surface area contributed by atoms with E-state index in [9.17, 15) is 14.4 Å². The largest absolute Gasteiger partial charge is 0.444 e. The highest BCUT2D eigenvalue weighted by Gasteiger charge is 2.37. The number of nitrogens with zero attached hydrogens (tertiary/aromatic N) is 1. The third kappa shape index (κ3) is 4.26. The molecule has 0 saturated carbocycles. The minimum absolute atomic E-state index is 0.210. The second-order valence-electron chi connectivity index (χ2n) is 8.88. The maximum absolute atomic E-state index is 13.1. The number of likely N-dealkylation sites (tertiary alicyclic amines) is 1. The minimum Gasteiger partial charge on any atom is -0.444 e. The summed E-state index contributed by atoms with van der Waals surface area (Å²) < 4.78 is 5.45. The second kappa shape index (κ2) is 8.06. The molecule has 0 radical (unpaired) electrons. The molecule has 2 aliphatic rings. The van der Waals surface area contributed by atoms with Crippen molar-refractivity contribution in [3.8, 4) is 11.1 Å². The summed E-state index contributed by atoms with van der Waals surface area (Å²) in [6, 6.07) is 12.9. The first kappa shape index (κ1) is 20.9. The molecular formula is C24H27N3O4. The molecule has 4 rings (SSSR count). The topological polar surface area (TPSA) is 87.7 Å². The van der Waals surface area contributed by atoms with Gasteiger partial charge in [-0.15, -0.1) is 0 Å². The molecule has 7 heteroatoms. The highest BCUT2D eigenvalue weighted by Crippen LogP contribution is 2.34. The number of rotatable bonds is 3. The number of amides is 3. The van der Waals surface area contributed by atoms with E-state index in [4.69, 9.17) is 4.74 Å². The number of carbonyl (C=O) groups excluding carboxylic acids is 3. The summed E-state index contributed by atoms with van der Waals surface area (Å²) in [6.45, 7) is 6.28. The molecule has 1 atom stereocenters. The summed E-state index contributed by atoms with van der Waals surface area (Å²) in [6.07, 6.45) is 0.789. The van der Waals surface area contributed by atoms with Crippen molar-refractivity contribution in [3.63, 3.8) is 0 Å². The molecule has 7 nitrogen and oxygen atoms in total. The van der Waals surface area contributed by atoms with Crippen molar-refractivity contribution in [1.82, 2.24) is 10.2 Å². The van der Waals surface area contributed by atoms with Crippen molar-refractivity contribution in [3.05, 3.63) is 53.6 Å². The van der Waals surface area contributed by atoms with Crippen molar-refractivity contribution in [1.29, 1.82) is 0 Å². The molecule has 2 aromatic rings. The van der Waals surface area contributed by atoms with Gasteiger partial charge in [-0.2, -0.15) is 0 Å². The van der Waals surface area contributed by atoms with Crippen LogP contribution in [0.5, 0.6) is 0 Å². The molecule has 0 unspecified atom stereocenters. The number of fused-ring (bicyclic) bond motifs is 1. The molecule has 1 saturated heterocycles. The average molecular weight is 421 g/mol. The Balaban J connectivity index is 1.58. The summed E-state index contributed by atoms with van der Waals surface area (Å²) in [5, 5.41) is 5.75. The summed E-state index contributed by atoms with van der Waals surface area (Å²) in [5.74, 6) is -0.517. The van der Waals surface area contributed by atoms with Gasteiger partial charge in [-0.3, -0.25) is 14.5 Å². The monoisotopic (exact) mass is 421 g/mol. The number of carbonyl (C=O) groups is 3. The van der Waals surface area contributed by atoms with Crippen molar-refractivity contribution in [2.24, 2.45) is 0 Å². The lowest BCUT2D eigenvalue weighted by Gasteiger charge is -2.28. The van der Waals surface area contributed by atoms with Crippen LogP contribution in [0.2, 0.25) is 0 Å². The Bertz CT molecular complexity index is 1030. The number of nitrogens with one attached hydrogen (secondary N) is 2. The SMILES string of the molecule is CC(C)(C)OC(=O)N1CCC[C@@H]1C(=O)Nc1ccc(-c2ccccc2)c2c1C(=O)NC2. The Morgan fingerprint density at radius 1 is 1.13 bits per heavy atom. The van der Waals surface area contributed by atoms with Gasteiger partial charge in [0.15, 0.2) is 0 Å². The summed E-state index contributed by atoms with van der Waals surface area (Å²) >= 11 is 0. The van der Waals surface area contributed by atoms with Crippen molar-refractivity contribution in [2.45, 2.75) is 51.8 Å². The van der Waals surface area contributed by atoms with Crippen molar-refractivity contribution >= 4 is 23.6 Å². The first-order chi connectivity index (χ1) is 14.7. The number of ether oxygens (including phenoxy) is 1. The standard InChI is InChI=1S/C24H27N3O4/c1-24(2,3)31-23(30)27-13-7-10-19(27)21(28)26-18-12-11-16(15-8-5-4-6-9-15)17-14-25-22(29)20(17)18/h4-6,8-9,11-12,19H,7,10,13-14H2,1-3H3,(H,25,29)(H,26,28)/t19-/m1/s1. The van der Waals surface area contributed by atoms with Gasteiger partial charge in [0.05, 0.1) is 11.3 Å². The molecule has 2 N–H and O–H groups in total. The molecule has 2 aromatic carbocycles. The van der Waals surface area contributed by atoms with Gasteiger partial charge in [0.2, 0.25) is 5.91 Å². The van der Waals surface area contributed by atoms with Gasteiger partial charge in [0.1, 0.15) is 11.6 Å². The fraction of sp³-hybridized carbons (Fsp3) is 0.375. The van der Waals surface area contributed by atoms with E-state index in [1.54, 1.807) is 26.8 Å². The Morgan fingerprint density at radius 2 is 1.87 bits per heavy atom. The number of anilines is 1. The average Bonchev–Trinajstić information content (AvgIpc) is 3.35. The molecule has 0 spiro atoms. The van der Waals surface area contributed by atoms with E-state index in [-0.39, 0.29) is 11.8 Å². The lowest BCUT2D eigenvalue weighted by atomic mass is 9.95. The van der Waals surface area contributed by atoms with Crippen LogP contribution in [0, 0.1) is 0 Å². The number of benzene rings is 2. The van der Waals surface area contributed by atoms with E-state index >= 15 is 0 Å². The molecule has 3 amide bonds. The summed E-state index contributed by atoms with van der Waals surface area (Å²) in [5.41, 5.74) is 3.15. The molecule has 0 aromatic heterocycles. The van der Waals surface area contributed by atoms with Gasteiger partial charge in [0.25, 0.3) is 5.91 Å². The molecule has 162 valence electrons. The third-order valence-electron chi connectivity index (χ3n) is 5.49. The Hall–Kier alpha value is -3.35. The normalized spacial score (nSPS) is 17.8. The van der Waals surface area contributed by atoms with E-state index in [0.717, 1.165) is 23.1 Å². The Morgan fingerprint density at radius 3 is 2.58 bits per heavy atom. The van der Waals surface area contributed by atoms with E-state index in [2.05, 4.69) is 10.6 Å². The molecule has 2 aliphatic heterocycles. The zero-order valence-corrected chi connectivity index (χ0v) is 18.0. The molecule has 31 heavy (non-hydrogen) atoms. The van der Waals surface area contributed by atoms with Gasteiger partial charge in [-0.1, -0.05) is 36.4 Å². The van der Waals surface area contributed by atoms with Gasteiger partial charge in [-0.05, 0) is 56.4 Å². The van der Waals surface area contributed by atoms with Gasteiger partial charge < -0.3 is 15.4 Å². The van der Waals surface area contributed by atoms with Gasteiger partial charge >= 0.3 is 6.09 Å². The zero-order chi connectivity index (χ0) is 22.2. The van der Waals surface area contributed by atoms with Crippen LogP contribution in [-0.4, -0.2) is 41.0 Å². The molecule has 2 heterocycles. The number of hydrogen-bond acceptors (Lipinski definition) is 4. The highest BCUT2D eigenvalue weighted by atomic mass is 16.6. The van der Waals surface area contributed by atoms with E-state index < -0.39 is 17.7 Å². The fourth-order valence-electron chi connectivity index (χ4n) is 4.13. The van der Waals surface area contributed by atoms with Crippen LogP contribution in [-0.2, 0) is 16.1 Å². The number of hydrogen-bond donors (Lipinski definition) is 2. The smallest absolute Gasteiger partial charge is 0.410 e. The van der Waals surface area contributed by atoms with Gasteiger partial charge in [-0.25, -0.2) is 4.79 Å². The molecular weight excluding hydrogens is 394 g/mol. The van der Waals surface area contributed by atoms with Crippen LogP contribution < -0.4 is 10.6 Å². The summed E-state index contributed by atoms with van der Waals surface area (Å²) in [4.78, 5) is 39.6. The first-order valence-corrected chi connectivity index (χ1v) is 10.5. The van der Waals surface area contributed by atoms with Crippen LogP contribution in [0.3, 0.4) is 0 Å². The van der Waals surface area contributed by atoms with Crippen LogP contribution >= 0.6 is 0 Å². The predicted molar refractivity (Wildman–Crippen MR) is 118 cm³/mol. The molecule has 0 bridgehead atoms. The minimum atomic E-state index is -0.632. The quantitative estimate of drug-likeness (QED) is 0.786. The Labute approximate surface area is 181 Å². The van der Waals surface area contributed by atoms with Crippen molar-refractivity contribution in [2.75, 3.05) is 11.9 Å². The predicted octanol–water partition coefficient (Wildman–Crippen LogP) is 3.94. The molecule has 0 aliphatic carbocycles. The molecule has 1 fully saturated rings. The van der Waals surface area contributed by atoms with Gasteiger partial charge in [0, 0.05) is 13.1 Å². The second-order valence-corrected chi connectivity index (χ2v) is 8.88. The lowest BCUT2D eigenvalue weighted by Crippen LogP contribution is -2.45. The van der Waals surface area contributed by atoms with Crippen LogP contribution in [0.15, 0.2) is 42.5 Å². The summed E-state index contributed by atoms with van der Waals surface area (Å²) in [7, 11) is 0. The van der Waals surface area contributed by atoms with Crippen LogP contribution in [0.25, 0.3) is 11.1 Å². The van der Waals surface area contributed by atoms with Crippen LogP contribution in [0.1, 0.15) is 49.5 Å². The maximum Gasteiger partial charge on any atom is 0.410 e. The van der Waals surface area contributed by atoms with E-state index in [0.29, 0.717) is 30.8 Å². The van der Waals surface area contributed by atoms with Crippen molar-refractivity contribution < 1.29 is 19.1 Å². The highest BCUT2D eigenvalue weighted by molar-refractivity contribution is 6.09. The lowest BCUT2D eigenvalue weighted by molar-refractivity contribution is -0.120. The third-order valence-corrected chi connectivity index (χ3v) is 5.49. The van der Waals surface area contributed by atoms with Crippen LogP contribution in [0.4, 0.5) is 10.5 Å². The van der Waals surface area contributed by atoms with E-state index in [1.807, 2.05) is 36.4 Å². The maximum atomic E-state index is 13.1. The van der Waals surface area contributed by atoms with E-state index in [1.165, 1.54) is 4.90 Å². The first-order valence-electron chi connectivity index (χ1n) is 10.5. The zero-order valence-electron chi connectivity index (χ0n) is 18.0. The fourth-order valence-corrected chi connectivity index (χ4v) is 4.13.